The molecule has 0 amide bonds. The van der Waals surface area contributed by atoms with Gasteiger partial charge < -0.3 is 10.6 Å². The summed E-state index contributed by atoms with van der Waals surface area (Å²) in [7, 11) is 0. The van der Waals surface area contributed by atoms with Gasteiger partial charge in [0, 0.05) is 18.5 Å². The molecular weight excluding hydrogens is 440 g/mol. The smallest absolute Gasteiger partial charge is 0.225 e. The monoisotopic (exact) mass is 468 g/mol. The van der Waals surface area contributed by atoms with E-state index in [1.807, 2.05) is 18.2 Å². The normalized spacial score (nSPS) is 11.2. The van der Waals surface area contributed by atoms with Crippen LogP contribution < -0.4 is 10.6 Å². The van der Waals surface area contributed by atoms with Crippen LogP contribution in [0.15, 0.2) is 109 Å². The van der Waals surface area contributed by atoms with Gasteiger partial charge >= 0.3 is 0 Å². The van der Waals surface area contributed by atoms with Crippen LogP contribution in [0.25, 0.3) is 32.4 Å². The first-order valence-corrected chi connectivity index (χ1v) is 12.5. The number of hydrogen-bond donors (Lipinski definition) is 2. The van der Waals surface area contributed by atoms with Gasteiger partial charge in [-0.25, -0.2) is 4.98 Å². The third-order valence-corrected chi connectivity index (χ3v) is 6.63. The summed E-state index contributed by atoms with van der Waals surface area (Å²) in [5.41, 5.74) is 3.55. The minimum atomic E-state index is 0.655. The van der Waals surface area contributed by atoms with Crippen LogP contribution >= 0.6 is 0 Å². The SMILES string of the molecule is c1ccc2cc(CCNc3nc(NCCc4ccc5ccccc5c4)c4ccccc4n3)ccc2c1. The Bertz CT molecular complexity index is 1660. The lowest BCUT2D eigenvalue weighted by atomic mass is 10.1. The first-order chi connectivity index (χ1) is 17.8. The molecule has 0 aliphatic carbocycles. The first kappa shape index (κ1) is 22.1. The molecule has 0 spiro atoms. The Morgan fingerprint density at radius 2 is 1.06 bits per heavy atom. The Balaban J connectivity index is 1.14. The summed E-state index contributed by atoms with van der Waals surface area (Å²) in [5.74, 6) is 1.53. The molecule has 0 atom stereocenters. The van der Waals surface area contributed by atoms with Gasteiger partial charge in [-0.05, 0) is 57.6 Å². The molecule has 0 aliphatic rings. The lowest BCUT2D eigenvalue weighted by molar-refractivity contribution is 0.980. The second-order valence-electron chi connectivity index (χ2n) is 9.13. The molecule has 6 rings (SSSR count). The predicted molar refractivity (Wildman–Crippen MR) is 152 cm³/mol. The van der Waals surface area contributed by atoms with Gasteiger partial charge in [-0.2, -0.15) is 4.98 Å². The van der Waals surface area contributed by atoms with Gasteiger partial charge in [0.2, 0.25) is 5.95 Å². The number of nitrogens with one attached hydrogen (secondary N) is 2. The summed E-state index contributed by atoms with van der Waals surface area (Å²) < 4.78 is 0. The van der Waals surface area contributed by atoms with Gasteiger partial charge in [0.1, 0.15) is 5.82 Å². The van der Waals surface area contributed by atoms with E-state index >= 15 is 0 Å². The highest BCUT2D eigenvalue weighted by atomic mass is 15.1. The fourth-order valence-corrected chi connectivity index (χ4v) is 4.72. The molecular formula is C32H28N4. The molecule has 6 aromatic rings. The van der Waals surface area contributed by atoms with Gasteiger partial charge in [-0.1, -0.05) is 97.1 Å². The third-order valence-electron chi connectivity index (χ3n) is 6.63. The second-order valence-corrected chi connectivity index (χ2v) is 9.13. The number of rotatable bonds is 8. The standard InChI is InChI=1S/C32H28N4/c1-3-9-27-21-23(13-15-25(27)7-1)17-19-33-31-29-11-5-6-12-30(29)35-32(36-31)34-20-18-24-14-16-26-8-2-4-10-28(26)22-24/h1-16,21-22H,17-20H2,(H2,33,34,35,36). The molecule has 1 heterocycles. The molecule has 5 aromatic carbocycles. The highest BCUT2D eigenvalue weighted by Gasteiger charge is 2.08. The molecule has 4 nitrogen and oxygen atoms in total. The van der Waals surface area contributed by atoms with E-state index in [2.05, 4.69) is 102 Å². The summed E-state index contributed by atoms with van der Waals surface area (Å²) in [6.07, 6.45) is 1.83. The molecule has 36 heavy (non-hydrogen) atoms. The van der Waals surface area contributed by atoms with Gasteiger partial charge in [-0.3, -0.25) is 0 Å². The largest absolute Gasteiger partial charge is 0.369 e. The minimum Gasteiger partial charge on any atom is -0.369 e. The lowest BCUT2D eigenvalue weighted by Gasteiger charge is -2.12. The van der Waals surface area contributed by atoms with Crippen molar-refractivity contribution < 1.29 is 0 Å². The quantitative estimate of drug-likeness (QED) is 0.247. The number of fused-ring (bicyclic) bond motifs is 3. The van der Waals surface area contributed by atoms with E-state index in [0.717, 1.165) is 42.7 Å². The number of hydrogen-bond acceptors (Lipinski definition) is 4. The Kier molecular flexibility index (Phi) is 6.15. The van der Waals surface area contributed by atoms with Crippen LogP contribution in [0.4, 0.5) is 11.8 Å². The molecule has 2 N–H and O–H groups in total. The van der Waals surface area contributed by atoms with Crippen molar-refractivity contribution in [2.75, 3.05) is 23.7 Å². The predicted octanol–water partition coefficient (Wildman–Crippen LogP) is 7.25. The molecule has 0 aliphatic heterocycles. The van der Waals surface area contributed by atoms with Crippen LogP contribution in [-0.4, -0.2) is 23.1 Å². The zero-order chi connectivity index (χ0) is 24.2. The van der Waals surface area contributed by atoms with Crippen molar-refractivity contribution >= 4 is 44.2 Å². The average molecular weight is 469 g/mol. The third kappa shape index (κ3) is 4.84. The molecule has 0 radical (unpaired) electrons. The Labute approximate surface area is 211 Å². The molecule has 0 saturated carbocycles. The van der Waals surface area contributed by atoms with Crippen LogP contribution in [0, 0.1) is 0 Å². The zero-order valence-corrected chi connectivity index (χ0v) is 20.1. The zero-order valence-electron chi connectivity index (χ0n) is 20.1. The highest BCUT2D eigenvalue weighted by molar-refractivity contribution is 5.90. The number of benzene rings is 5. The summed E-state index contributed by atoms with van der Waals surface area (Å²) in [6.45, 7) is 1.57. The molecule has 0 bridgehead atoms. The van der Waals surface area contributed by atoms with Crippen LogP contribution in [0.2, 0.25) is 0 Å². The van der Waals surface area contributed by atoms with Crippen LogP contribution in [-0.2, 0) is 12.8 Å². The molecule has 0 saturated heterocycles. The average Bonchev–Trinajstić information content (AvgIpc) is 2.93. The van der Waals surface area contributed by atoms with Gasteiger partial charge in [-0.15, -0.1) is 0 Å². The highest BCUT2D eigenvalue weighted by Crippen LogP contribution is 2.23. The van der Waals surface area contributed by atoms with Gasteiger partial charge in [0.25, 0.3) is 0 Å². The fraction of sp³-hybridized carbons (Fsp3) is 0.125. The van der Waals surface area contributed by atoms with Gasteiger partial charge in [0.15, 0.2) is 0 Å². The minimum absolute atomic E-state index is 0.655. The van der Waals surface area contributed by atoms with Crippen molar-refractivity contribution in [3.63, 3.8) is 0 Å². The number of para-hydroxylation sites is 1. The van der Waals surface area contributed by atoms with Gasteiger partial charge in [0.05, 0.1) is 5.52 Å². The second kappa shape index (κ2) is 10.0. The maximum atomic E-state index is 4.83. The van der Waals surface area contributed by atoms with Crippen LogP contribution in [0.1, 0.15) is 11.1 Å². The maximum Gasteiger partial charge on any atom is 0.225 e. The molecule has 0 unspecified atom stereocenters. The van der Waals surface area contributed by atoms with Crippen LogP contribution in [0.5, 0.6) is 0 Å². The lowest BCUT2D eigenvalue weighted by Crippen LogP contribution is -2.12. The number of aromatic nitrogens is 2. The summed E-state index contributed by atoms with van der Waals surface area (Å²) in [4.78, 5) is 9.58. The van der Waals surface area contributed by atoms with Crippen molar-refractivity contribution in [2.45, 2.75) is 12.8 Å². The molecule has 4 heteroatoms. The number of anilines is 2. The number of nitrogens with zero attached hydrogens (tertiary/aromatic N) is 2. The molecule has 176 valence electrons. The Morgan fingerprint density at radius 3 is 1.72 bits per heavy atom. The molecule has 0 fully saturated rings. The van der Waals surface area contributed by atoms with E-state index in [9.17, 15) is 0 Å². The fourth-order valence-electron chi connectivity index (χ4n) is 4.72. The van der Waals surface area contributed by atoms with E-state index in [4.69, 9.17) is 9.97 Å². The summed E-state index contributed by atoms with van der Waals surface area (Å²) in [6, 6.07) is 38.5. The van der Waals surface area contributed by atoms with E-state index in [1.54, 1.807) is 0 Å². The van der Waals surface area contributed by atoms with Crippen molar-refractivity contribution in [1.82, 2.24) is 9.97 Å². The molecule has 1 aromatic heterocycles. The van der Waals surface area contributed by atoms with E-state index in [0.29, 0.717) is 5.95 Å². The first-order valence-electron chi connectivity index (χ1n) is 12.5. The summed E-state index contributed by atoms with van der Waals surface area (Å²) >= 11 is 0. The van der Waals surface area contributed by atoms with Crippen molar-refractivity contribution in [3.8, 4) is 0 Å². The maximum absolute atomic E-state index is 4.83. The summed E-state index contributed by atoms with van der Waals surface area (Å²) in [5, 5.41) is 13.1. The van der Waals surface area contributed by atoms with Crippen molar-refractivity contribution in [3.05, 3.63) is 120 Å². The van der Waals surface area contributed by atoms with Crippen molar-refractivity contribution in [2.24, 2.45) is 0 Å². The topological polar surface area (TPSA) is 49.8 Å². The van der Waals surface area contributed by atoms with E-state index in [-0.39, 0.29) is 0 Å². The Hall–Kier alpha value is -4.44. The van der Waals surface area contributed by atoms with Crippen molar-refractivity contribution in [1.29, 1.82) is 0 Å². The van der Waals surface area contributed by atoms with E-state index in [1.165, 1.54) is 32.7 Å². The van der Waals surface area contributed by atoms with Crippen LogP contribution in [0.3, 0.4) is 0 Å². The van der Waals surface area contributed by atoms with E-state index < -0.39 is 0 Å². The Morgan fingerprint density at radius 1 is 0.500 bits per heavy atom.